The number of nitrogens with zero attached hydrogens (tertiary/aromatic N) is 3. The Kier molecular flexibility index (Phi) is 4.16. The minimum atomic E-state index is 0.199. The summed E-state index contributed by atoms with van der Waals surface area (Å²) in [5.41, 5.74) is 3.45. The van der Waals surface area contributed by atoms with Gasteiger partial charge in [-0.05, 0) is 19.9 Å². The van der Waals surface area contributed by atoms with Crippen LogP contribution >= 0.6 is 0 Å². The van der Waals surface area contributed by atoms with Crippen molar-refractivity contribution in [3.05, 3.63) is 41.2 Å². The molecule has 0 aliphatic heterocycles. The summed E-state index contributed by atoms with van der Waals surface area (Å²) >= 11 is 0. The number of methoxy groups -OCH3 is 1. The van der Waals surface area contributed by atoms with Crippen molar-refractivity contribution in [1.29, 1.82) is 0 Å². The highest BCUT2D eigenvalue weighted by molar-refractivity contribution is 5.38. The lowest BCUT2D eigenvalue weighted by Crippen LogP contribution is -2.20. The predicted octanol–water partition coefficient (Wildman–Crippen LogP) is 1.98. The Bertz CT molecular complexity index is 550. The van der Waals surface area contributed by atoms with Crippen LogP contribution in [-0.2, 0) is 13.6 Å². The lowest BCUT2D eigenvalue weighted by Gasteiger charge is -2.17. The molecule has 0 aliphatic carbocycles. The molecule has 2 rings (SSSR count). The molecule has 19 heavy (non-hydrogen) atoms. The summed E-state index contributed by atoms with van der Waals surface area (Å²) in [5.74, 6) is 0.911. The number of hydrogen-bond donors (Lipinski definition) is 1. The number of benzene rings is 1. The van der Waals surface area contributed by atoms with Crippen LogP contribution in [0.1, 0.15) is 29.8 Å². The smallest absolute Gasteiger partial charge is 0.123 e. The predicted molar refractivity (Wildman–Crippen MR) is 74.0 cm³/mol. The maximum atomic E-state index is 5.41. The molecule has 0 unspecified atom stereocenters. The molecule has 5 nitrogen and oxygen atoms in total. The Morgan fingerprint density at radius 3 is 2.84 bits per heavy atom. The molecule has 0 spiro atoms. The standard InChI is InChI=1S/C14H20N4O/c1-10-5-6-14(19-4)13(7-10)11(2)15-8-12-9-16-17-18(12)3/h5-7,9,11,15H,8H2,1-4H3/t11-/m1/s1. The molecule has 1 heterocycles. The van der Waals surface area contributed by atoms with Crippen LogP contribution in [0.3, 0.4) is 0 Å². The first-order valence-corrected chi connectivity index (χ1v) is 6.33. The van der Waals surface area contributed by atoms with Gasteiger partial charge in [-0.15, -0.1) is 5.10 Å². The van der Waals surface area contributed by atoms with E-state index in [0.29, 0.717) is 0 Å². The fraction of sp³-hybridized carbons (Fsp3) is 0.429. The molecule has 1 atom stereocenters. The van der Waals surface area contributed by atoms with Crippen LogP contribution in [0.2, 0.25) is 0 Å². The summed E-state index contributed by atoms with van der Waals surface area (Å²) in [5, 5.41) is 11.2. The number of ether oxygens (including phenoxy) is 1. The second-order valence-corrected chi connectivity index (χ2v) is 4.70. The Morgan fingerprint density at radius 2 is 2.21 bits per heavy atom. The number of hydrogen-bond acceptors (Lipinski definition) is 4. The van der Waals surface area contributed by atoms with Crippen molar-refractivity contribution >= 4 is 0 Å². The van der Waals surface area contributed by atoms with E-state index in [1.54, 1.807) is 18.0 Å². The third-order valence-electron chi connectivity index (χ3n) is 3.25. The normalized spacial score (nSPS) is 12.4. The highest BCUT2D eigenvalue weighted by Gasteiger charge is 2.12. The van der Waals surface area contributed by atoms with Crippen LogP contribution in [-0.4, -0.2) is 22.1 Å². The average molecular weight is 260 g/mol. The maximum absolute atomic E-state index is 5.41. The highest BCUT2D eigenvalue weighted by Crippen LogP contribution is 2.26. The lowest BCUT2D eigenvalue weighted by molar-refractivity contribution is 0.400. The van der Waals surface area contributed by atoms with Crippen LogP contribution in [0.15, 0.2) is 24.4 Å². The zero-order valence-electron chi connectivity index (χ0n) is 11.8. The van der Waals surface area contributed by atoms with Gasteiger partial charge < -0.3 is 10.1 Å². The van der Waals surface area contributed by atoms with E-state index < -0.39 is 0 Å². The van der Waals surface area contributed by atoms with Gasteiger partial charge in [0.05, 0.1) is 19.0 Å². The lowest BCUT2D eigenvalue weighted by atomic mass is 10.0. The molecule has 5 heteroatoms. The maximum Gasteiger partial charge on any atom is 0.123 e. The second-order valence-electron chi connectivity index (χ2n) is 4.70. The van der Waals surface area contributed by atoms with Gasteiger partial charge in [0.25, 0.3) is 0 Å². The molecule has 2 aromatic rings. The van der Waals surface area contributed by atoms with E-state index in [2.05, 4.69) is 41.6 Å². The summed E-state index contributed by atoms with van der Waals surface area (Å²) in [7, 11) is 3.59. The van der Waals surface area contributed by atoms with Gasteiger partial charge in [0.1, 0.15) is 5.75 Å². The molecule has 1 N–H and O–H groups in total. The van der Waals surface area contributed by atoms with Gasteiger partial charge in [0.2, 0.25) is 0 Å². The molecule has 1 aromatic heterocycles. The molecule has 102 valence electrons. The van der Waals surface area contributed by atoms with Crippen molar-refractivity contribution < 1.29 is 4.74 Å². The third-order valence-corrected chi connectivity index (χ3v) is 3.25. The molecule has 0 bridgehead atoms. The Morgan fingerprint density at radius 1 is 1.42 bits per heavy atom. The van der Waals surface area contributed by atoms with E-state index in [-0.39, 0.29) is 6.04 Å². The van der Waals surface area contributed by atoms with Crippen molar-refractivity contribution in [2.75, 3.05) is 7.11 Å². The number of nitrogens with one attached hydrogen (secondary N) is 1. The summed E-state index contributed by atoms with van der Waals surface area (Å²) < 4.78 is 7.18. The zero-order valence-corrected chi connectivity index (χ0v) is 11.8. The first-order valence-electron chi connectivity index (χ1n) is 6.33. The van der Waals surface area contributed by atoms with Gasteiger partial charge >= 0.3 is 0 Å². The average Bonchev–Trinajstić information content (AvgIpc) is 2.81. The van der Waals surface area contributed by atoms with Crippen molar-refractivity contribution in [3.63, 3.8) is 0 Å². The first-order chi connectivity index (χ1) is 9.11. The van der Waals surface area contributed by atoms with Crippen molar-refractivity contribution in [1.82, 2.24) is 20.3 Å². The van der Waals surface area contributed by atoms with E-state index in [4.69, 9.17) is 4.74 Å². The molecule has 0 saturated carbocycles. The van der Waals surface area contributed by atoms with E-state index in [0.717, 1.165) is 23.6 Å². The Labute approximate surface area is 113 Å². The molecule has 0 aliphatic rings. The minimum Gasteiger partial charge on any atom is -0.496 e. The molecule has 0 saturated heterocycles. The van der Waals surface area contributed by atoms with Crippen molar-refractivity contribution in [2.45, 2.75) is 26.4 Å². The van der Waals surface area contributed by atoms with Gasteiger partial charge in [-0.3, -0.25) is 4.68 Å². The third kappa shape index (κ3) is 3.12. The minimum absolute atomic E-state index is 0.199. The SMILES string of the molecule is COc1ccc(C)cc1[C@@H](C)NCc1cnnn1C. The van der Waals surface area contributed by atoms with Gasteiger partial charge in [0.15, 0.2) is 0 Å². The van der Waals surface area contributed by atoms with E-state index >= 15 is 0 Å². The molecular formula is C14H20N4O. The second kappa shape index (κ2) is 5.84. The van der Waals surface area contributed by atoms with Gasteiger partial charge in [-0.1, -0.05) is 22.9 Å². The number of rotatable bonds is 5. The van der Waals surface area contributed by atoms with Crippen LogP contribution in [0, 0.1) is 6.92 Å². The van der Waals surface area contributed by atoms with Crippen LogP contribution in [0.5, 0.6) is 5.75 Å². The Hall–Kier alpha value is -1.88. The summed E-state index contributed by atoms with van der Waals surface area (Å²) in [6, 6.07) is 6.41. The molecule has 0 fully saturated rings. The number of aromatic nitrogens is 3. The molecule has 0 radical (unpaired) electrons. The fourth-order valence-electron chi connectivity index (χ4n) is 2.03. The van der Waals surface area contributed by atoms with Gasteiger partial charge in [-0.2, -0.15) is 0 Å². The largest absolute Gasteiger partial charge is 0.496 e. The summed E-state index contributed by atoms with van der Waals surface area (Å²) in [6.45, 7) is 4.93. The first kappa shape index (κ1) is 13.5. The zero-order chi connectivity index (χ0) is 13.8. The van der Waals surface area contributed by atoms with Gasteiger partial charge in [0, 0.05) is 25.2 Å². The van der Waals surface area contributed by atoms with E-state index in [1.165, 1.54) is 5.56 Å². The summed E-state index contributed by atoms with van der Waals surface area (Å²) in [6.07, 6.45) is 1.77. The van der Waals surface area contributed by atoms with Crippen LogP contribution in [0.4, 0.5) is 0 Å². The Balaban J connectivity index is 2.09. The van der Waals surface area contributed by atoms with E-state index in [1.807, 2.05) is 13.1 Å². The molecule has 1 aromatic carbocycles. The fourth-order valence-corrected chi connectivity index (χ4v) is 2.03. The summed E-state index contributed by atoms with van der Waals surface area (Å²) in [4.78, 5) is 0. The molecular weight excluding hydrogens is 240 g/mol. The van der Waals surface area contributed by atoms with Crippen LogP contribution < -0.4 is 10.1 Å². The quantitative estimate of drug-likeness (QED) is 0.893. The van der Waals surface area contributed by atoms with Crippen LogP contribution in [0.25, 0.3) is 0 Å². The molecule has 0 amide bonds. The number of aryl methyl sites for hydroxylation is 2. The monoisotopic (exact) mass is 260 g/mol. The van der Waals surface area contributed by atoms with E-state index in [9.17, 15) is 0 Å². The topological polar surface area (TPSA) is 52.0 Å². The van der Waals surface area contributed by atoms with Crippen molar-refractivity contribution in [3.8, 4) is 5.75 Å². The highest BCUT2D eigenvalue weighted by atomic mass is 16.5. The van der Waals surface area contributed by atoms with Crippen molar-refractivity contribution in [2.24, 2.45) is 7.05 Å². The van der Waals surface area contributed by atoms with Gasteiger partial charge in [-0.25, -0.2) is 0 Å².